The second kappa shape index (κ2) is 5.19. The molecule has 0 bridgehead atoms. The molecule has 0 spiro atoms. The van der Waals surface area contributed by atoms with E-state index in [1.807, 2.05) is 0 Å². The number of hydrogen-bond donors (Lipinski definition) is 0. The molecule has 0 aliphatic rings. The van der Waals surface area contributed by atoms with Crippen LogP contribution in [0.3, 0.4) is 0 Å². The Labute approximate surface area is 91.5 Å². The molecule has 0 aromatic carbocycles. The fourth-order valence-corrected chi connectivity index (χ4v) is 2.95. The van der Waals surface area contributed by atoms with Crippen molar-refractivity contribution in [1.29, 1.82) is 0 Å². The van der Waals surface area contributed by atoms with Gasteiger partial charge in [-0.3, -0.25) is 0 Å². The first-order valence-corrected chi connectivity index (χ1v) is 6.38. The van der Waals surface area contributed by atoms with Crippen molar-refractivity contribution in [2.24, 2.45) is 16.7 Å². The molecule has 0 aromatic heterocycles. The standard InChI is InChI=1S/C14H30/c1-8-11-13(6,9-2)14(7,10-3)12(4)5/h12H,8-11H2,1-7H3. The molecule has 0 nitrogen and oxygen atoms in total. The van der Waals surface area contributed by atoms with E-state index in [1.54, 1.807) is 0 Å². The maximum atomic E-state index is 2.49. The van der Waals surface area contributed by atoms with E-state index in [2.05, 4.69) is 48.5 Å². The zero-order valence-corrected chi connectivity index (χ0v) is 11.4. The highest BCUT2D eigenvalue weighted by atomic mass is 14.5. The van der Waals surface area contributed by atoms with Crippen molar-refractivity contribution in [2.75, 3.05) is 0 Å². The fourth-order valence-electron chi connectivity index (χ4n) is 2.95. The Balaban J connectivity index is 4.93. The average molecular weight is 198 g/mol. The summed E-state index contributed by atoms with van der Waals surface area (Å²) in [5, 5.41) is 0. The van der Waals surface area contributed by atoms with E-state index in [0.717, 1.165) is 5.92 Å². The van der Waals surface area contributed by atoms with Crippen molar-refractivity contribution in [3.8, 4) is 0 Å². The summed E-state index contributed by atoms with van der Waals surface area (Å²) in [6, 6.07) is 0. The maximum absolute atomic E-state index is 2.49. The van der Waals surface area contributed by atoms with Gasteiger partial charge < -0.3 is 0 Å². The Bertz CT molecular complexity index is 159. The van der Waals surface area contributed by atoms with Crippen LogP contribution in [-0.2, 0) is 0 Å². The molecule has 0 aliphatic carbocycles. The summed E-state index contributed by atoms with van der Waals surface area (Å²) in [6.45, 7) is 16.7. The van der Waals surface area contributed by atoms with E-state index in [-0.39, 0.29) is 0 Å². The molecule has 0 N–H and O–H groups in total. The second-order valence-corrected chi connectivity index (χ2v) is 5.59. The van der Waals surface area contributed by atoms with Gasteiger partial charge >= 0.3 is 0 Å². The predicted octanol–water partition coefficient (Wildman–Crippen LogP) is 5.28. The van der Waals surface area contributed by atoms with Gasteiger partial charge in [0.1, 0.15) is 0 Å². The minimum atomic E-state index is 0.498. The Kier molecular flexibility index (Phi) is 5.19. The van der Waals surface area contributed by atoms with Crippen LogP contribution in [-0.4, -0.2) is 0 Å². The maximum Gasteiger partial charge on any atom is -0.0252 e. The number of hydrogen-bond acceptors (Lipinski definition) is 0. The third kappa shape index (κ3) is 2.32. The highest BCUT2D eigenvalue weighted by Crippen LogP contribution is 2.52. The molecule has 0 saturated carbocycles. The van der Waals surface area contributed by atoms with Crippen molar-refractivity contribution in [3.05, 3.63) is 0 Å². The molecule has 0 heterocycles. The lowest BCUT2D eigenvalue weighted by atomic mass is 9.56. The lowest BCUT2D eigenvalue weighted by Gasteiger charge is -2.49. The molecule has 14 heavy (non-hydrogen) atoms. The zero-order valence-electron chi connectivity index (χ0n) is 11.4. The predicted molar refractivity (Wildman–Crippen MR) is 66.5 cm³/mol. The van der Waals surface area contributed by atoms with Crippen LogP contribution in [0.5, 0.6) is 0 Å². The molecule has 2 unspecified atom stereocenters. The minimum absolute atomic E-state index is 0.498. The summed E-state index contributed by atoms with van der Waals surface area (Å²) in [7, 11) is 0. The van der Waals surface area contributed by atoms with E-state index in [0.29, 0.717) is 10.8 Å². The number of rotatable bonds is 6. The molecule has 0 aliphatic heterocycles. The summed E-state index contributed by atoms with van der Waals surface area (Å²) < 4.78 is 0. The Hall–Kier alpha value is 0. The van der Waals surface area contributed by atoms with Crippen LogP contribution in [0.1, 0.15) is 74.1 Å². The van der Waals surface area contributed by atoms with Gasteiger partial charge in [-0.2, -0.15) is 0 Å². The van der Waals surface area contributed by atoms with Crippen molar-refractivity contribution in [2.45, 2.75) is 74.1 Å². The highest BCUT2D eigenvalue weighted by Gasteiger charge is 2.42. The Morgan fingerprint density at radius 3 is 1.64 bits per heavy atom. The summed E-state index contributed by atoms with van der Waals surface area (Å²) in [4.78, 5) is 0. The normalized spacial score (nSPS) is 20.6. The smallest absolute Gasteiger partial charge is 0.0252 e. The SMILES string of the molecule is CCCC(C)(CC)C(C)(CC)C(C)C. The van der Waals surface area contributed by atoms with Gasteiger partial charge in [0.2, 0.25) is 0 Å². The van der Waals surface area contributed by atoms with Gasteiger partial charge in [0.25, 0.3) is 0 Å². The van der Waals surface area contributed by atoms with Crippen LogP contribution in [0.4, 0.5) is 0 Å². The van der Waals surface area contributed by atoms with Crippen molar-refractivity contribution < 1.29 is 0 Å². The van der Waals surface area contributed by atoms with Crippen molar-refractivity contribution in [3.63, 3.8) is 0 Å². The van der Waals surface area contributed by atoms with Gasteiger partial charge in [-0.05, 0) is 29.6 Å². The van der Waals surface area contributed by atoms with Crippen LogP contribution < -0.4 is 0 Å². The van der Waals surface area contributed by atoms with Gasteiger partial charge in [0.15, 0.2) is 0 Å². The molecule has 0 saturated heterocycles. The quantitative estimate of drug-likeness (QED) is 0.545. The van der Waals surface area contributed by atoms with E-state index >= 15 is 0 Å². The van der Waals surface area contributed by atoms with Crippen LogP contribution >= 0.6 is 0 Å². The molecule has 0 radical (unpaired) electrons. The molecule has 0 amide bonds. The van der Waals surface area contributed by atoms with Gasteiger partial charge in [0.05, 0.1) is 0 Å². The van der Waals surface area contributed by atoms with Crippen LogP contribution in [0, 0.1) is 16.7 Å². The van der Waals surface area contributed by atoms with Crippen LogP contribution in [0.25, 0.3) is 0 Å². The second-order valence-electron chi connectivity index (χ2n) is 5.59. The third-order valence-electron chi connectivity index (χ3n) is 4.97. The average Bonchev–Trinajstić information content (AvgIpc) is 2.16. The van der Waals surface area contributed by atoms with Gasteiger partial charge in [0, 0.05) is 0 Å². The fraction of sp³-hybridized carbons (Fsp3) is 1.00. The molecular formula is C14H30. The summed E-state index contributed by atoms with van der Waals surface area (Å²) in [5.41, 5.74) is 1.02. The van der Waals surface area contributed by atoms with Crippen LogP contribution in [0.15, 0.2) is 0 Å². The topological polar surface area (TPSA) is 0 Å². The lowest BCUT2D eigenvalue weighted by molar-refractivity contribution is 0.00350. The first-order chi connectivity index (χ1) is 6.38. The first kappa shape index (κ1) is 14.0. The lowest BCUT2D eigenvalue weighted by Crippen LogP contribution is -2.40. The van der Waals surface area contributed by atoms with Gasteiger partial charge in [-0.1, -0.05) is 61.3 Å². The highest BCUT2D eigenvalue weighted by molar-refractivity contribution is 4.92. The summed E-state index contributed by atoms with van der Waals surface area (Å²) in [6.07, 6.45) is 5.29. The molecule has 0 aromatic rings. The third-order valence-corrected chi connectivity index (χ3v) is 4.97. The van der Waals surface area contributed by atoms with Crippen molar-refractivity contribution in [1.82, 2.24) is 0 Å². The Morgan fingerprint density at radius 2 is 1.43 bits per heavy atom. The van der Waals surface area contributed by atoms with E-state index < -0.39 is 0 Å². The summed E-state index contributed by atoms with van der Waals surface area (Å²) >= 11 is 0. The molecule has 0 heteroatoms. The molecule has 0 fully saturated rings. The van der Waals surface area contributed by atoms with Crippen LogP contribution in [0.2, 0.25) is 0 Å². The molecule has 2 atom stereocenters. The van der Waals surface area contributed by atoms with Crippen molar-refractivity contribution >= 4 is 0 Å². The minimum Gasteiger partial charge on any atom is -0.0654 e. The Morgan fingerprint density at radius 1 is 0.929 bits per heavy atom. The molecule has 86 valence electrons. The summed E-state index contributed by atoms with van der Waals surface area (Å²) in [5.74, 6) is 0.781. The van der Waals surface area contributed by atoms with Gasteiger partial charge in [-0.25, -0.2) is 0 Å². The molecular weight excluding hydrogens is 168 g/mol. The zero-order chi connectivity index (χ0) is 11.4. The molecule has 0 rings (SSSR count). The van der Waals surface area contributed by atoms with Gasteiger partial charge in [-0.15, -0.1) is 0 Å². The van der Waals surface area contributed by atoms with E-state index in [4.69, 9.17) is 0 Å². The largest absolute Gasteiger partial charge is 0.0654 e. The van der Waals surface area contributed by atoms with E-state index in [1.165, 1.54) is 25.7 Å². The van der Waals surface area contributed by atoms with E-state index in [9.17, 15) is 0 Å². The monoisotopic (exact) mass is 198 g/mol. The first-order valence-electron chi connectivity index (χ1n) is 6.38.